The molecule has 0 unspecified atom stereocenters. The molecule has 0 bridgehead atoms. The van der Waals surface area contributed by atoms with Crippen LogP contribution in [0.15, 0.2) is 30.5 Å². The van der Waals surface area contributed by atoms with Gasteiger partial charge in [-0.2, -0.15) is 5.10 Å². The van der Waals surface area contributed by atoms with E-state index in [2.05, 4.69) is 15.5 Å². The van der Waals surface area contributed by atoms with Crippen LogP contribution in [0.2, 0.25) is 0 Å². The highest BCUT2D eigenvalue weighted by Gasteiger charge is 2.02. The Morgan fingerprint density at radius 2 is 2.00 bits per heavy atom. The number of anilines is 3. The van der Waals surface area contributed by atoms with E-state index in [-0.39, 0.29) is 6.10 Å². The minimum atomic E-state index is 0.179. The van der Waals surface area contributed by atoms with Gasteiger partial charge in [0.15, 0.2) is 0 Å². The maximum atomic E-state index is 5.68. The number of aromatic amines is 1. The zero-order valence-corrected chi connectivity index (χ0v) is 9.90. The number of ether oxygens (including phenoxy) is 1. The molecule has 90 valence electrons. The van der Waals surface area contributed by atoms with Crippen LogP contribution in [-0.2, 0) is 0 Å². The molecule has 2 aromatic rings. The Bertz CT molecular complexity index is 476. The molecule has 0 aliphatic carbocycles. The van der Waals surface area contributed by atoms with Crippen LogP contribution in [0.1, 0.15) is 13.8 Å². The fourth-order valence-electron chi connectivity index (χ4n) is 1.44. The number of aromatic nitrogens is 2. The molecule has 0 saturated carbocycles. The Labute approximate surface area is 100.0 Å². The first-order valence-corrected chi connectivity index (χ1v) is 5.48. The summed E-state index contributed by atoms with van der Waals surface area (Å²) in [5, 5.41) is 9.66. The summed E-state index contributed by atoms with van der Waals surface area (Å²) in [7, 11) is 0. The lowest BCUT2D eigenvalue weighted by atomic mass is 10.3. The van der Waals surface area contributed by atoms with Crippen molar-refractivity contribution in [1.82, 2.24) is 10.2 Å². The van der Waals surface area contributed by atoms with E-state index >= 15 is 0 Å². The van der Waals surface area contributed by atoms with E-state index < -0.39 is 0 Å². The van der Waals surface area contributed by atoms with Crippen molar-refractivity contribution < 1.29 is 4.74 Å². The highest BCUT2D eigenvalue weighted by molar-refractivity contribution is 5.68. The fraction of sp³-hybridized carbons (Fsp3) is 0.250. The molecular weight excluding hydrogens is 216 g/mol. The molecule has 0 atom stereocenters. The highest BCUT2D eigenvalue weighted by Crippen LogP contribution is 2.22. The molecule has 0 aliphatic heterocycles. The molecule has 1 aromatic carbocycles. The van der Waals surface area contributed by atoms with E-state index in [1.54, 1.807) is 6.20 Å². The molecule has 0 radical (unpaired) electrons. The predicted molar refractivity (Wildman–Crippen MR) is 68.5 cm³/mol. The van der Waals surface area contributed by atoms with Gasteiger partial charge >= 0.3 is 0 Å². The fourth-order valence-corrected chi connectivity index (χ4v) is 1.44. The molecule has 5 nitrogen and oxygen atoms in total. The first-order valence-electron chi connectivity index (χ1n) is 5.48. The van der Waals surface area contributed by atoms with Gasteiger partial charge in [0.2, 0.25) is 0 Å². The van der Waals surface area contributed by atoms with E-state index in [1.807, 2.05) is 38.1 Å². The lowest BCUT2D eigenvalue weighted by Gasteiger charge is -2.10. The molecule has 0 saturated heterocycles. The van der Waals surface area contributed by atoms with Crippen LogP contribution >= 0.6 is 0 Å². The highest BCUT2D eigenvalue weighted by atomic mass is 16.5. The van der Waals surface area contributed by atoms with E-state index in [0.717, 1.165) is 17.1 Å². The van der Waals surface area contributed by atoms with Gasteiger partial charge in [-0.1, -0.05) is 0 Å². The summed E-state index contributed by atoms with van der Waals surface area (Å²) >= 11 is 0. The van der Waals surface area contributed by atoms with Crippen LogP contribution in [0.3, 0.4) is 0 Å². The van der Waals surface area contributed by atoms with Crippen molar-refractivity contribution in [3.63, 3.8) is 0 Å². The van der Waals surface area contributed by atoms with Crippen molar-refractivity contribution in [2.24, 2.45) is 0 Å². The zero-order chi connectivity index (χ0) is 12.3. The van der Waals surface area contributed by atoms with Gasteiger partial charge < -0.3 is 15.8 Å². The molecule has 17 heavy (non-hydrogen) atoms. The minimum absolute atomic E-state index is 0.179. The predicted octanol–water partition coefficient (Wildman–Crippen LogP) is 2.52. The Balaban J connectivity index is 2.06. The van der Waals surface area contributed by atoms with Crippen LogP contribution < -0.4 is 15.8 Å². The van der Waals surface area contributed by atoms with Gasteiger partial charge in [-0.15, -0.1) is 0 Å². The third-order valence-electron chi connectivity index (χ3n) is 2.17. The summed E-state index contributed by atoms with van der Waals surface area (Å²) in [5.41, 5.74) is 7.38. The molecule has 0 spiro atoms. The van der Waals surface area contributed by atoms with Gasteiger partial charge in [0.1, 0.15) is 17.3 Å². The van der Waals surface area contributed by atoms with Gasteiger partial charge in [-0.05, 0) is 38.1 Å². The quantitative estimate of drug-likeness (QED) is 0.757. The topological polar surface area (TPSA) is 76.0 Å². The minimum Gasteiger partial charge on any atom is -0.491 e. The van der Waals surface area contributed by atoms with Crippen molar-refractivity contribution in [2.75, 3.05) is 11.1 Å². The second kappa shape index (κ2) is 4.78. The van der Waals surface area contributed by atoms with E-state index in [1.165, 1.54) is 0 Å². The van der Waals surface area contributed by atoms with E-state index in [9.17, 15) is 0 Å². The largest absolute Gasteiger partial charge is 0.491 e. The number of nitrogens with two attached hydrogens (primary N) is 1. The smallest absolute Gasteiger partial charge is 0.143 e. The van der Waals surface area contributed by atoms with Gasteiger partial charge in [0.05, 0.1) is 12.3 Å². The van der Waals surface area contributed by atoms with Crippen LogP contribution in [0.25, 0.3) is 0 Å². The third-order valence-corrected chi connectivity index (χ3v) is 2.17. The average molecular weight is 232 g/mol. The number of nitrogens with zero attached hydrogens (tertiary/aromatic N) is 1. The molecular formula is C12H16N4O. The number of hydrogen-bond donors (Lipinski definition) is 3. The molecule has 2 rings (SSSR count). The maximum Gasteiger partial charge on any atom is 0.143 e. The lowest BCUT2D eigenvalue weighted by Crippen LogP contribution is -2.05. The Kier molecular flexibility index (Phi) is 3.18. The molecule has 0 amide bonds. The SMILES string of the molecule is CC(C)Oc1ccc(Nc2cn[nH]c2N)cc1. The molecule has 0 fully saturated rings. The third kappa shape index (κ3) is 2.90. The summed E-state index contributed by atoms with van der Waals surface area (Å²) in [5.74, 6) is 1.37. The lowest BCUT2D eigenvalue weighted by molar-refractivity contribution is 0.242. The molecule has 1 aromatic heterocycles. The van der Waals surface area contributed by atoms with Gasteiger partial charge in [-0.3, -0.25) is 5.10 Å². The Morgan fingerprint density at radius 3 is 2.53 bits per heavy atom. The number of benzene rings is 1. The van der Waals surface area contributed by atoms with Crippen molar-refractivity contribution in [3.05, 3.63) is 30.5 Å². The van der Waals surface area contributed by atoms with Crippen molar-refractivity contribution >= 4 is 17.2 Å². The average Bonchev–Trinajstić information content (AvgIpc) is 2.67. The van der Waals surface area contributed by atoms with Gasteiger partial charge in [0.25, 0.3) is 0 Å². The maximum absolute atomic E-state index is 5.68. The summed E-state index contributed by atoms with van der Waals surface area (Å²) in [6.45, 7) is 4.00. The number of hydrogen-bond acceptors (Lipinski definition) is 4. The molecule has 5 heteroatoms. The number of H-pyrrole nitrogens is 1. The summed E-state index contributed by atoms with van der Waals surface area (Å²) < 4.78 is 5.56. The second-order valence-corrected chi connectivity index (χ2v) is 4.01. The molecule has 4 N–H and O–H groups in total. The summed E-state index contributed by atoms with van der Waals surface area (Å²) in [4.78, 5) is 0. The molecule has 1 heterocycles. The van der Waals surface area contributed by atoms with Gasteiger partial charge in [0, 0.05) is 5.69 Å². The Hall–Kier alpha value is -2.17. The first-order chi connectivity index (χ1) is 8.15. The van der Waals surface area contributed by atoms with Crippen LogP contribution in [0.4, 0.5) is 17.2 Å². The zero-order valence-electron chi connectivity index (χ0n) is 9.90. The molecule has 0 aliphatic rings. The van der Waals surface area contributed by atoms with Crippen LogP contribution in [-0.4, -0.2) is 16.3 Å². The van der Waals surface area contributed by atoms with Crippen molar-refractivity contribution in [2.45, 2.75) is 20.0 Å². The summed E-state index contributed by atoms with van der Waals surface area (Å²) in [6.07, 6.45) is 1.83. The first kappa shape index (κ1) is 11.3. The standard InChI is InChI=1S/C12H16N4O/c1-8(2)17-10-5-3-9(4-6-10)15-11-7-14-16-12(11)13/h3-8,15H,1-2H3,(H3,13,14,16). The number of rotatable bonds is 4. The number of nitrogens with one attached hydrogen (secondary N) is 2. The van der Waals surface area contributed by atoms with Crippen molar-refractivity contribution in [1.29, 1.82) is 0 Å². The van der Waals surface area contributed by atoms with E-state index in [4.69, 9.17) is 10.5 Å². The normalized spacial score (nSPS) is 10.5. The second-order valence-electron chi connectivity index (χ2n) is 4.01. The van der Waals surface area contributed by atoms with Gasteiger partial charge in [-0.25, -0.2) is 0 Å². The van der Waals surface area contributed by atoms with Crippen LogP contribution in [0.5, 0.6) is 5.75 Å². The number of nitrogen functional groups attached to an aromatic ring is 1. The summed E-state index contributed by atoms with van der Waals surface area (Å²) in [6, 6.07) is 7.70. The van der Waals surface area contributed by atoms with Crippen molar-refractivity contribution in [3.8, 4) is 5.75 Å². The Morgan fingerprint density at radius 1 is 1.29 bits per heavy atom. The van der Waals surface area contributed by atoms with Crippen LogP contribution in [0, 0.1) is 0 Å². The monoisotopic (exact) mass is 232 g/mol. The van der Waals surface area contributed by atoms with E-state index in [0.29, 0.717) is 5.82 Å².